The maximum atomic E-state index is 9.00. The van der Waals surface area contributed by atoms with Gasteiger partial charge in [-0.15, -0.1) is 0 Å². The lowest BCUT2D eigenvalue weighted by Gasteiger charge is -2.25. The second kappa shape index (κ2) is 5.63. The predicted molar refractivity (Wildman–Crippen MR) is 61.3 cm³/mol. The van der Waals surface area contributed by atoms with Gasteiger partial charge in [-0.3, -0.25) is 4.79 Å². The Morgan fingerprint density at radius 2 is 1.80 bits per heavy atom. The van der Waals surface area contributed by atoms with Gasteiger partial charge in [-0.25, -0.2) is 0 Å². The van der Waals surface area contributed by atoms with Crippen molar-refractivity contribution >= 4 is 14.3 Å². The summed E-state index contributed by atoms with van der Waals surface area (Å²) in [7, 11) is -1.39. The molecule has 5 heteroatoms. The molecule has 0 aromatic heterocycles. The molecule has 1 rings (SSSR count). The summed E-state index contributed by atoms with van der Waals surface area (Å²) in [4.78, 5) is 9.00. The van der Waals surface area contributed by atoms with Gasteiger partial charge in [0.2, 0.25) is 0 Å². The van der Waals surface area contributed by atoms with Gasteiger partial charge in [0.05, 0.1) is 0 Å². The molecule has 0 spiro atoms. The fourth-order valence-electron chi connectivity index (χ4n) is 1.20. The van der Waals surface area contributed by atoms with Crippen LogP contribution < -0.4 is 0 Å². The van der Waals surface area contributed by atoms with E-state index in [0.29, 0.717) is 0 Å². The summed E-state index contributed by atoms with van der Waals surface area (Å²) < 4.78 is 11.4. The summed E-state index contributed by atoms with van der Waals surface area (Å²) in [5, 5.41) is 7.42. The standard InChI is InChI=1S/C8H18O2Si.C2H4O2/c1-5-9-8(6-7-8)10-11(2,3)4;1-2(3)4/h5-7H2,1-4H3;1H3,(H,3,4). The Labute approximate surface area is 92.7 Å². The molecule has 15 heavy (non-hydrogen) atoms. The number of carbonyl (C=O) groups is 1. The summed E-state index contributed by atoms with van der Waals surface area (Å²) in [6.45, 7) is 10.5. The predicted octanol–water partition coefficient (Wildman–Crippen LogP) is 2.46. The Bertz CT molecular complexity index is 202. The zero-order chi connectivity index (χ0) is 12.1. The normalized spacial score (nSPS) is 17.7. The van der Waals surface area contributed by atoms with Gasteiger partial charge in [0.15, 0.2) is 14.1 Å². The van der Waals surface area contributed by atoms with E-state index in [2.05, 4.69) is 19.6 Å². The van der Waals surface area contributed by atoms with Crippen LogP contribution in [0.25, 0.3) is 0 Å². The molecule has 0 aromatic rings. The van der Waals surface area contributed by atoms with E-state index in [0.717, 1.165) is 26.4 Å². The van der Waals surface area contributed by atoms with Gasteiger partial charge in [0.25, 0.3) is 5.97 Å². The molecular formula is C10H22O4Si. The van der Waals surface area contributed by atoms with E-state index in [4.69, 9.17) is 19.1 Å². The molecule has 0 atom stereocenters. The number of rotatable bonds is 4. The lowest BCUT2D eigenvalue weighted by molar-refractivity contribution is -0.134. The fraction of sp³-hybridized carbons (Fsp3) is 0.900. The molecule has 0 aliphatic heterocycles. The topological polar surface area (TPSA) is 55.8 Å². The van der Waals surface area contributed by atoms with Crippen molar-refractivity contribution in [1.82, 2.24) is 0 Å². The first-order valence-corrected chi connectivity index (χ1v) is 8.65. The lowest BCUT2D eigenvalue weighted by Crippen LogP contribution is -2.34. The Balaban J connectivity index is 0.000000423. The minimum atomic E-state index is -1.39. The first kappa shape index (κ1) is 14.6. The van der Waals surface area contributed by atoms with E-state index in [1.807, 2.05) is 6.92 Å². The monoisotopic (exact) mass is 234 g/mol. The largest absolute Gasteiger partial charge is 0.481 e. The molecule has 4 nitrogen and oxygen atoms in total. The van der Waals surface area contributed by atoms with Gasteiger partial charge in [-0.05, 0) is 26.6 Å². The number of carboxylic acid groups (broad SMARTS) is 1. The molecular weight excluding hydrogens is 212 g/mol. The van der Waals surface area contributed by atoms with E-state index < -0.39 is 14.3 Å². The third kappa shape index (κ3) is 8.59. The zero-order valence-corrected chi connectivity index (χ0v) is 11.3. The minimum absolute atomic E-state index is 0.154. The lowest BCUT2D eigenvalue weighted by atomic mass is 10.7. The summed E-state index contributed by atoms with van der Waals surface area (Å²) in [5.41, 5.74) is 0. The second-order valence-corrected chi connectivity index (χ2v) is 9.01. The van der Waals surface area contributed by atoms with Crippen LogP contribution in [0.15, 0.2) is 0 Å². The third-order valence-corrected chi connectivity index (χ3v) is 2.54. The van der Waals surface area contributed by atoms with E-state index in [1.54, 1.807) is 0 Å². The first-order chi connectivity index (χ1) is 6.71. The quantitative estimate of drug-likeness (QED) is 0.599. The fourth-order valence-corrected chi connectivity index (χ4v) is 2.58. The van der Waals surface area contributed by atoms with Crippen LogP contribution in [0.4, 0.5) is 0 Å². The average molecular weight is 234 g/mol. The SMILES string of the molecule is CC(=O)O.CCOC1(O[Si](C)(C)C)CC1. The van der Waals surface area contributed by atoms with E-state index in [9.17, 15) is 0 Å². The maximum Gasteiger partial charge on any atom is 0.300 e. The van der Waals surface area contributed by atoms with Crippen molar-refractivity contribution in [3.8, 4) is 0 Å². The van der Waals surface area contributed by atoms with Gasteiger partial charge in [0.1, 0.15) is 0 Å². The van der Waals surface area contributed by atoms with Gasteiger partial charge in [0, 0.05) is 26.4 Å². The number of aliphatic carboxylic acids is 1. The van der Waals surface area contributed by atoms with Crippen molar-refractivity contribution in [2.45, 2.75) is 52.1 Å². The molecule has 0 amide bonds. The number of hydrogen-bond donors (Lipinski definition) is 1. The molecule has 90 valence electrons. The highest BCUT2D eigenvalue weighted by Gasteiger charge is 2.47. The van der Waals surface area contributed by atoms with Crippen LogP contribution in [0.1, 0.15) is 26.7 Å². The van der Waals surface area contributed by atoms with E-state index in [1.165, 1.54) is 0 Å². The van der Waals surface area contributed by atoms with Crippen LogP contribution in [0.3, 0.4) is 0 Å². The summed E-state index contributed by atoms with van der Waals surface area (Å²) in [5.74, 6) is -0.987. The molecule has 1 aliphatic carbocycles. The third-order valence-electron chi connectivity index (χ3n) is 1.56. The average Bonchev–Trinajstić information content (AvgIpc) is 2.63. The van der Waals surface area contributed by atoms with Crippen molar-refractivity contribution in [3.63, 3.8) is 0 Å². The molecule has 0 unspecified atom stereocenters. The molecule has 0 aromatic carbocycles. The highest BCUT2D eigenvalue weighted by molar-refractivity contribution is 6.69. The molecule has 0 saturated heterocycles. The molecule has 1 aliphatic rings. The Kier molecular flexibility index (Phi) is 5.48. The summed E-state index contributed by atoms with van der Waals surface area (Å²) in [6.07, 6.45) is 2.18. The summed E-state index contributed by atoms with van der Waals surface area (Å²) >= 11 is 0. The van der Waals surface area contributed by atoms with Crippen LogP contribution in [-0.4, -0.2) is 31.8 Å². The minimum Gasteiger partial charge on any atom is -0.481 e. The highest BCUT2D eigenvalue weighted by atomic mass is 28.4. The highest BCUT2D eigenvalue weighted by Crippen LogP contribution is 2.42. The molecule has 1 saturated carbocycles. The zero-order valence-electron chi connectivity index (χ0n) is 10.3. The van der Waals surface area contributed by atoms with E-state index in [-0.39, 0.29) is 5.79 Å². The van der Waals surface area contributed by atoms with Crippen LogP contribution in [0.5, 0.6) is 0 Å². The Morgan fingerprint density at radius 1 is 1.40 bits per heavy atom. The van der Waals surface area contributed by atoms with Crippen LogP contribution in [0.2, 0.25) is 19.6 Å². The second-order valence-electron chi connectivity index (χ2n) is 4.58. The van der Waals surface area contributed by atoms with Crippen molar-refractivity contribution < 1.29 is 19.1 Å². The molecule has 1 fully saturated rings. The van der Waals surface area contributed by atoms with E-state index >= 15 is 0 Å². The molecule has 0 radical (unpaired) electrons. The van der Waals surface area contributed by atoms with Gasteiger partial charge < -0.3 is 14.3 Å². The van der Waals surface area contributed by atoms with Gasteiger partial charge in [-0.2, -0.15) is 0 Å². The van der Waals surface area contributed by atoms with Crippen LogP contribution >= 0.6 is 0 Å². The van der Waals surface area contributed by atoms with Crippen LogP contribution in [-0.2, 0) is 14.0 Å². The molecule has 0 bridgehead atoms. The Hall–Kier alpha value is -0.393. The van der Waals surface area contributed by atoms with Crippen LogP contribution in [0, 0.1) is 0 Å². The van der Waals surface area contributed by atoms with Gasteiger partial charge >= 0.3 is 0 Å². The van der Waals surface area contributed by atoms with Crippen molar-refractivity contribution in [2.75, 3.05) is 6.61 Å². The van der Waals surface area contributed by atoms with Crippen molar-refractivity contribution in [1.29, 1.82) is 0 Å². The molecule has 0 heterocycles. The maximum absolute atomic E-state index is 9.00. The van der Waals surface area contributed by atoms with Crippen molar-refractivity contribution in [2.24, 2.45) is 0 Å². The summed E-state index contributed by atoms with van der Waals surface area (Å²) in [6, 6.07) is 0. The number of ether oxygens (including phenoxy) is 1. The van der Waals surface area contributed by atoms with Gasteiger partial charge in [-0.1, -0.05) is 0 Å². The number of carboxylic acids is 1. The Morgan fingerprint density at radius 3 is 2.00 bits per heavy atom. The first-order valence-electron chi connectivity index (χ1n) is 5.24. The molecule has 1 N–H and O–H groups in total. The smallest absolute Gasteiger partial charge is 0.300 e. The van der Waals surface area contributed by atoms with Crippen molar-refractivity contribution in [3.05, 3.63) is 0 Å². The number of hydrogen-bond acceptors (Lipinski definition) is 3.